The lowest BCUT2D eigenvalue weighted by Crippen LogP contribution is -2.41. The molecule has 0 bridgehead atoms. The van der Waals surface area contributed by atoms with Gasteiger partial charge in [0.15, 0.2) is 0 Å². The van der Waals surface area contributed by atoms with E-state index in [0.717, 1.165) is 73.3 Å². The van der Waals surface area contributed by atoms with Gasteiger partial charge in [-0.15, -0.1) is 0 Å². The van der Waals surface area contributed by atoms with Gasteiger partial charge in [-0.2, -0.15) is 0 Å². The van der Waals surface area contributed by atoms with Crippen LogP contribution in [0.4, 0.5) is 0 Å². The van der Waals surface area contributed by atoms with Crippen LogP contribution in [0.1, 0.15) is 24.0 Å². The fraction of sp³-hybridized carbons (Fsp3) is 0.462. The van der Waals surface area contributed by atoms with Gasteiger partial charge in [0.1, 0.15) is 0 Å². The first kappa shape index (κ1) is 28.4. The molecule has 0 aliphatic carbocycles. The van der Waals surface area contributed by atoms with E-state index in [1.807, 2.05) is 48.5 Å². The molecule has 0 radical (unpaired) electrons. The number of nitrogens with two attached hydrogens (primary N) is 2. The third-order valence-corrected chi connectivity index (χ3v) is 6.92. The highest BCUT2D eigenvalue weighted by Crippen LogP contribution is 2.17. The van der Waals surface area contributed by atoms with E-state index < -0.39 is 0 Å². The number of carbonyl (C=O) groups is 2. The molecule has 8 nitrogen and oxygen atoms in total. The van der Waals surface area contributed by atoms with Crippen molar-refractivity contribution in [3.8, 4) is 0 Å². The third-order valence-electron chi connectivity index (χ3n) is 6.42. The molecule has 2 atom stereocenters. The minimum Gasteiger partial charge on any atom is -0.369 e. The number of benzene rings is 2. The second-order valence-electron chi connectivity index (χ2n) is 9.29. The van der Waals surface area contributed by atoms with Crippen LogP contribution < -0.4 is 22.1 Å². The van der Waals surface area contributed by atoms with Crippen molar-refractivity contribution in [1.82, 2.24) is 20.4 Å². The molecule has 6 N–H and O–H groups in total. The van der Waals surface area contributed by atoms with Gasteiger partial charge >= 0.3 is 0 Å². The minimum atomic E-state index is -0.282. The summed E-state index contributed by atoms with van der Waals surface area (Å²) >= 11 is 11.7. The number of primary amides is 2. The molecule has 2 unspecified atom stereocenters. The van der Waals surface area contributed by atoms with Crippen LogP contribution in [0.5, 0.6) is 0 Å². The average molecular weight is 536 g/mol. The zero-order chi connectivity index (χ0) is 25.9. The number of nitrogens with zero attached hydrogens (tertiary/aromatic N) is 2. The summed E-state index contributed by atoms with van der Waals surface area (Å²) in [6.45, 7) is 5.89. The molecule has 0 spiro atoms. The molecule has 2 saturated heterocycles. The zero-order valence-electron chi connectivity index (χ0n) is 20.5. The monoisotopic (exact) mass is 534 g/mol. The van der Waals surface area contributed by atoms with Crippen molar-refractivity contribution >= 4 is 35.0 Å². The second-order valence-corrected chi connectivity index (χ2v) is 10.2. The summed E-state index contributed by atoms with van der Waals surface area (Å²) in [6.07, 6.45) is 2.11. The normalized spacial score (nSPS) is 19.3. The fourth-order valence-electron chi connectivity index (χ4n) is 4.58. The van der Waals surface area contributed by atoms with Crippen molar-refractivity contribution in [2.24, 2.45) is 11.5 Å². The number of hydrogen-bond acceptors (Lipinski definition) is 6. The summed E-state index contributed by atoms with van der Waals surface area (Å²) in [4.78, 5) is 26.6. The number of hydrogen-bond donors (Lipinski definition) is 4. The van der Waals surface area contributed by atoms with Gasteiger partial charge in [0, 0.05) is 48.3 Å². The first-order chi connectivity index (χ1) is 17.3. The van der Waals surface area contributed by atoms with E-state index in [-0.39, 0.29) is 11.8 Å². The van der Waals surface area contributed by atoms with E-state index in [2.05, 4.69) is 20.4 Å². The van der Waals surface area contributed by atoms with Gasteiger partial charge in [-0.3, -0.25) is 19.4 Å². The molecule has 2 aromatic rings. The van der Waals surface area contributed by atoms with Crippen molar-refractivity contribution in [3.05, 3.63) is 69.7 Å². The Morgan fingerprint density at radius 1 is 0.722 bits per heavy atom. The van der Waals surface area contributed by atoms with Gasteiger partial charge in [-0.05, 0) is 61.3 Å². The van der Waals surface area contributed by atoms with Crippen LogP contribution >= 0.6 is 23.2 Å². The summed E-state index contributed by atoms with van der Waals surface area (Å²) in [7, 11) is 0. The molecule has 2 heterocycles. The second kappa shape index (κ2) is 14.5. The van der Waals surface area contributed by atoms with Crippen LogP contribution in [0.2, 0.25) is 10.0 Å². The smallest absolute Gasteiger partial charge is 0.231 e. The lowest BCUT2D eigenvalue weighted by atomic mass is 10.1. The number of carbonyl (C=O) groups excluding carboxylic acids is 2. The Balaban J connectivity index is 0.000000201. The maximum atomic E-state index is 11.1. The number of halogens is 2. The van der Waals surface area contributed by atoms with Gasteiger partial charge in [0.25, 0.3) is 0 Å². The molecule has 2 amide bonds. The van der Waals surface area contributed by atoms with Gasteiger partial charge < -0.3 is 22.1 Å². The topological polar surface area (TPSA) is 117 Å². The van der Waals surface area contributed by atoms with Crippen molar-refractivity contribution in [1.29, 1.82) is 0 Å². The molecule has 2 aliphatic rings. The Hall–Kier alpha value is -2.20. The van der Waals surface area contributed by atoms with E-state index in [1.165, 1.54) is 0 Å². The predicted octanol–water partition coefficient (Wildman–Crippen LogP) is 1.98. The molecular formula is C26H36Cl2N6O2. The van der Waals surface area contributed by atoms with E-state index >= 15 is 0 Å². The first-order valence-corrected chi connectivity index (χ1v) is 13.0. The van der Waals surface area contributed by atoms with Crippen molar-refractivity contribution in [2.75, 3.05) is 39.3 Å². The number of rotatable bonds is 10. The quantitative estimate of drug-likeness (QED) is 0.370. The summed E-state index contributed by atoms with van der Waals surface area (Å²) < 4.78 is 0. The molecule has 4 rings (SSSR count). The Morgan fingerprint density at radius 3 is 1.36 bits per heavy atom. The summed E-state index contributed by atoms with van der Waals surface area (Å²) in [5.41, 5.74) is 12.9. The number of amides is 2. The Kier molecular flexibility index (Phi) is 11.4. The van der Waals surface area contributed by atoms with E-state index in [4.69, 9.17) is 34.7 Å². The number of nitrogens with one attached hydrogen (secondary N) is 2. The molecular weight excluding hydrogens is 499 g/mol. The Bertz CT molecular complexity index is 882. The molecule has 0 saturated carbocycles. The summed E-state index contributed by atoms with van der Waals surface area (Å²) in [5.74, 6) is -0.563. The molecule has 10 heteroatoms. The Morgan fingerprint density at radius 2 is 1.08 bits per heavy atom. The van der Waals surface area contributed by atoms with Gasteiger partial charge in [-0.1, -0.05) is 47.5 Å². The largest absolute Gasteiger partial charge is 0.369 e. The van der Waals surface area contributed by atoms with Crippen LogP contribution in [-0.4, -0.2) is 73.0 Å². The highest BCUT2D eigenvalue weighted by Gasteiger charge is 2.24. The van der Waals surface area contributed by atoms with E-state index in [9.17, 15) is 9.59 Å². The van der Waals surface area contributed by atoms with E-state index in [1.54, 1.807) is 0 Å². The van der Waals surface area contributed by atoms with Crippen LogP contribution in [0, 0.1) is 0 Å². The molecule has 196 valence electrons. The maximum Gasteiger partial charge on any atom is 0.231 e. The molecule has 0 aromatic heterocycles. The molecule has 2 aromatic carbocycles. The van der Waals surface area contributed by atoms with E-state index in [0.29, 0.717) is 25.2 Å². The highest BCUT2D eigenvalue weighted by atomic mass is 35.5. The molecule has 2 fully saturated rings. The molecule has 2 aliphatic heterocycles. The zero-order valence-corrected chi connectivity index (χ0v) is 22.0. The Labute approximate surface area is 223 Å². The van der Waals surface area contributed by atoms with Crippen molar-refractivity contribution in [2.45, 2.75) is 38.0 Å². The van der Waals surface area contributed by atoms with Crippen LogP contribution in [0.15, 0.2) is 48.5 Å². The summed E-state index contributed by atoms with van der Waals surface area (Å²) in [6, 6.07) is 16.2. The van der Waals surface area contributed by atoms with Gasteiger partial charge in [0.05, 0.1) is 13.1 Å². The van der Waals surface area contributed by atoms with Crippen molar-refractivity contribution < 1.29 is 9.59 Å². The maximum absolute atomic E-state index is 11.1. The van der Waals surface area contributed by atoms with Crippen molar-refractivity contribution in [3.63, 3.8) is 0 Å². The summed E-state index contributed by atoms with van der Waals surface area (Å²) in [5, 5.41) is 8.06. The fourth-order valence-corrected chi connectivity index (χ4v) is 4.83. The average Bonchev–Trinajstić information content (AvgIpc) is 3.56. The lowest BCUT2D eigenvalue weighted by Gasteiger charge is -2.27. The lowest BCUT2D eigenvalue weighted by molar-refractivity contribution is -0.120. The highest BCUT2D eigenvalue weighted by molar-refractivity contribution is 6.30. The van der Waals surface area contributed by atoms with Crippen LogP contribution in [0.3, 0.4) is 0 Å². The van der Waals surface area contributed by atoms with Crippen LogP contribution in [-0.2, 0) is 22.7 Å². The SMILES string of the molecule is NC(=O)CN(Cc1ccc(Cl)cc1)C1CCNC1.NC(=O)CN(Cc1ccc(Cl)cc1)C1CCNC1. The standard InChI is InChI=1S/2C13H18ClN3O/c2*14-11-3-1-10(2-4-11)8-17(9-13(15)18)12-5-6-16-7-12/h2*1-4,12,16H,5-9H2,(H2,15,18). The van der Waals surface area contributed by atoms with Gasteiger partial charge in [0.2, 0.25) is 11.8 Å². The molecule has 36 heavy (non-hydrogen) atoms. The first-order valence-electron chi connectivity index (χ1n) is 12.2. The minimum absolute atomic E-state index is 0.282. The third kappa shape index (κ3) is 9.69. The van der Waals surface area contributed by atoms with Crippen LogP contribution in [0.25, 0.3) is 0 Å². The predicted molar refractivity (Wildman–Crippen MR) is 145 cm³/mol. The van der Waals surface area contributed by atoms with Gasteiger partial charge in [-0.25, -0.2) is 0 Å².